The van der Waals surface area contributed by atoms with Crippen LogP contribution in [-0.2, 0) is 0 Å². The van der Waals surface area contributed by atoms with Gasteiger partial charge in [0.2, 0.25) is 0 Å². The molecule has 4 nitrogen and oxygen atoms in total. The van der Waals surface area contributed by atoms with Crippen molar-refractivity contribution in [1.82, 2.24) is 15.0 Å². The van der Waals surface area contributed by atoms with E-state index in [1.54, 1.807) is 24.3 Å². The van der Waals surface area contributed by atoms with Gasteiger partial charge in [-0.15, -0.1) is 0 Å². The van der Waals surface area contributed by atoms with Crippen molar-refractivity contribution in [2.45, 2.75) is 0 Å². The number of fused-ring (bicyclic) bond motifs is 2. The largest absolute Gasteiger partial charge is 0.456 e. The normalized spacial score (nSPS) is 13.1. The standard InChI is InChI=1S/C43H27N3O/c1-3-9-28(10-4-1)29-17-21-33(22-18-29)42-44-41(32-11-5-2-6-12-32)45-43(46-42)34-23-19-30(20-24-34)35-25-26-38-37(27-35)36-15-7-13-31-14-8-16-39(47-38)40(31)36/h1-27H/i1D,3D,4D,9D,10D. The van der Waals surface area contributed by atoms with Gasteiger partial charge >= 0.3 is 0 Å². The molecule has 47 heavy (non-hydrogen) atoms. The number of aromatic nitrogens is 3. The highest BCUT2D eigenvalue weighted by Gasteiger charge is 2.20. The zero-order valence-corrected chi connectivity index (χ0v) is 25.0. The molecule has 0 spiro atoms. The summed E-state index contributed by atoms with van der Waals surface area (Å²) in [6, 6.07) is 42.0. The first-order valence-electron chi connectivity index (χ1n) is 17.8. The zero-order chi connectivity index (χ0) is 35.5. The van der Waals surface area contributed by atoms with Crippen LogP contribution in [0.4, 0.5) is 0 Å². The second kappa shape index (κ2) is 11.2. The highest BCUT2D eigenvalue weighted by Crippen LogP contribution is 2.47. The van der Waals surface area contributed by atoms with Crippen molar-refractivity contribution in [1.29, 1.82) is 0 Å². The third-order valence-electron chi connectivity index (χ3n) is 8.43. The van der Waals surface area contributed by atoms with Crippen LogP contribution in [0.1, 0.15) is 6.85 Å². The lowest BCUT2D eigenvalue weighted by Gasteiger charge is -2.22. The molecular formula is C43H27N3O. The van der Waals surface area contributed by atoms with Gasteiger partial charge in [0.25, 0.3) is 0 Å². The minimum Gasteiger partial charge on any atom is -0.456 e. The van der Waals surface area contributed by atoms with Crippen LogP contribution >= 0.6 is 0 Å². The number of nitrogens with zero attached hydrogens (tertiary/aromatic N) is 3. The Morgan fingerprint density at radius 1 is 0.404 bits per heavy atom. The first-order chi connectivity index (χ1) is 25.3. The fourth-order valence-electron chi connectivity index (χ4n) is 6.09. The molecular weight excluding hydrogens is 574 g/mol. The van der Waals surface area contributed by atoms with Crippen molar-refractivity contribution in [2.75, 3.05) is 0 Å². The van der Waals surface area contributed by atoms with Crippen molar-refractivity contribution in [3.63, 3.8) is 0 Å². The fraction of sp³-hybridized carbons (Fsp3) is 0. The predicted molar refractivity (Wildman–Crippen MR) is 190 cm³/mol. The van der Waals surface area contributed by atoms with Gasteiger partial charge in [-0.25, -0.2) is 15.0 Å². The topological polar surface area (TPSA) is 47.9 Å². The summed E-state index contributed by atoms with van der Waals surface area (Å²) in [4.78, 5) is 14.6. The summed E-state index contributed by atoms with van der Waals surface area (Å²) < 4.78 is 47.2. The van der Waals surface area contributed by atoms with E-state index in [4.69, 9.17) is 26.5 Å². The Bertz CT molecular complexity index is 2670. The Labute approximate surface area is 279 Å². The van der Waals surface area contributed by atoms with Crippen molar-refractivity contribution >= 4 is 10.8 Å². The van der Waals surface area contributed by atoms with E-state index in [9.17, 15) is 0 Å². The third kappa shape index (κ3) is 4.93. The summed E-state index contributed by atoms with van der Waals surface area (Å²) in [6.07, 6.45) is 0. The number of hydrogen-bond donors (Lipinski definition) is 0. The lowest BCUT2D eigenvalue weighted by molar-refractivity contribution is 0.487. The molecule has 0 saturated carbocycles. The maximum atomic E-state index is 8.39. The van der Waals surface area contributed by atoms with E-state index in [1.807, 2.05) is 60.7 Å². The van der Waals surface area contributed by atoms with Gasteiger partial charge in [0.15, 0.2) is 17.5 Å². The van der Waals surface area contributed by atoms with Gasteiger partial charge in [0.05, 0.1) is 6.85 Å². The third-order valence-corrected chi connectivity index (χ3v) is 8.43. The van der Waals surface area contributed by atoms with Crippen LogP contribution < -0.4 is 4.74 Å². The molecule has 7 aromatic carbocycles. The van der Waals surface area contributed by atoms with Crippen LogP contribution in [0.2, 0.25) is 0 Å². The Balaban J connectivity index is 1.08. The molecule has 1 aliphatic heterocycles. The van der Waals surface area contributed by atoms with Crippen molar-refractivity contribution in [2.24, 2.45) is 0 Å². The number of rotatable bonds is 5. The smallest absolute Gasteiger partial charge is 0.164 e. The maximum Gasteiger partial charge on any atom is 0.164 e. The van der Waals surface area contributed by atoms with Crippen molar-refractivity contribution in [3.05, 3.63) is 164 Å². The molecule has 0 unspecified atom stereocenters. The summed E-state index contributed by atoms with van der Waals surface area (Å²) >= 11 is 0. The zero-order valence-electron chi connectivity index (χ0n) is 30.0. The average molecular weight is 607 g/mol. The van der Waals surface area contributed by atoms with E-state index in [1.165, 1.54) is 0 Å². The molecule has 0 bridgehead atoms. The molecule has 9 rings (SSSR count). The van der Waals surface area contributed by atoms with Crippen LogP contribution in [0.25, 0.3) is 78.3 Å². The summed E-state index contributed by atoms with van der Waals surface area (Å²) in [7, 11) is 0. The molecule has 0 N–H and O–H groups in total. The van der Waals surface area contributed by atoms with Crippen LogP contribution in [0.3, 0.4) is 0 Å². The van der Waals surface area contributed by atoms with Crippen LogP contribution in [-0.4, -0.2) is 15.0 Å². The SMILES string of the molecule is [2H]c1c([2H])c([2H])c(-c2ccc(-c3nc(-c4ccccc4)nc(-c4ccc(-c5ccc6c(c5)-c5cccc7cccc(c57)O6)cc4)n3)cc2)c([2H])c1[2H]. The predicted octanol–water partition coefficient (Wildman–Crippen LogP) is 11.1. The highest BCUT2D eigenvalue weighted by atomic mass is 16.5. The molecule has 0 radical (unpaired) electrons. The molecule has 2 heterocycles. The van der Waals surface area contributed by atoms with Crippen LogP contribution in [0.15, 0.2) is 164 Å². The van der Waals surface area contributed by atoms with Gasteiger partial charge in [-0.3, -0.25) is 0 Å². The Hall–Kier alpha value is -6.39. The lowest BCUT2D eigenvalue weighted by atomic mass is 9.92. The Morgan fingerprint density at radius 2 is 0.957 bits per heavy atom. The van der Waals surface area contributed by atoms with Crippen LogP contribution in [0, 0.1) is 0 Å². The minimum atomic E-state index is -0.421. The van der Waals surface area contributed by atoms with E-state index < -0.39 is 6.04 Å². The number of benzene rings is 7. The van der Waals surface area contributed by atoms with Gasteiger partial charge in [0, 0.05) is 27.6 Å². The maximum absolute atomic E-state index is 8.39. The van der Waals surface area contributed by atoms with E-state index >= 15 is 0 Å². The second-order valence-electron chi connectivity index (χ2n) is 11.3. The van der Waals surface area contributed by atoms with Crippen LogP contribution in [0.5, 0.6) is 11.5 Å². The minimum absolute atomic E-state index is 0.146. The van der Waals surface area contributed by atoms with E-state index in [-0.39, 0.29) is 29.7 Å². The van der Waals surface area contributed by atoms with Gasteiger partial charge in [-0.2, -0.15) is 0 Å². The molecule has 8 aromatic rings. The Morgan fingerprint density at radius 3 is 1.62 bits per heavy atom. The average Bonchev–Trinajstić information content (AvgIpc) is 3.20. The van der Waals surface area contributed by atoms with E-state index in [2.05, 4.69) is 48.5 Å². The quantitative estimate of drug-likeness (QED) is 0.196. The number of hydrogen-bond acceptors (Lipinski definition) is 4. The fourth-order valence-corrected chi connectivity index (χ4v) is 6.09. The highest BCUT2D eigenvalue weighted by molar-refractivity contribution is 6.04. The molecule has 1 aliphatic rings. The van der Waals surface area contributed by atoms with Gasteiger partial charge in [-0.05, 0) is 51.4 Å². The summed E-state index contributed by atoms with van der Waals surface area (Å²) in [5.74, 6) is 3.17. The van der Waals surface area contributed by atoms with E-state index in [0.29, 0.717) is 28.6 Å². The molecule has 1 aromatic heterocycles. The van der Waals surface area contributed by atoms with Gasteiger partial charge in [0.1, 0.15) is 11.5 Å². The first-order valence-corrected chi connectivity index (χ1v) is 15.3. The molecule has 4 heteroatoms. The first kappa shape index (κ1) is 22.2. The molecule has 0 fully saturated rings. The summed E-state index contributed by atoms with van der Waals surface area (Å²) in [5.41, 5.74) is 7.31. The number of ether oxygens (including phenoxy) is 1. The monoisotopic (exact) mass is 606 g/mol. The van der Waals surface area contributed by atoms with Crippen molar-refractivity contribution in [3.8, 4) is 79.0 Å². The van der Waals surface area contributed by atoms with Gasteiger partial charge in [-0.1, -0.05) is 145 Å². The molecule has 220 valence electrons. The Kier molecular flexibility index (Phi) is 5.28. The molecule has 0 saturated heterocycles. The summed E-state index contributed by atoms with van der Waals surface area (Å²) in [5, 5.41) is 2.26. The van der Waals surface area contributed by atoms with E-state index in [0.717, 1.165) is 55.7 Å². The second-order valence-corrected chi connectivity index (χ2v) is 11.3. The van der Waals surface area contributed by atoms with Crippen molar-refractivity contribution < 1.29 is 11.6 Å². The molecule has 0 aliphatic carbocycles. The molecule has 0 atom stereocenters. The molecule has 0 amide bonds. The lowest BCUT2D eigenvalue weighted by Crippen LogP contribution is -2.00. The summed E-state index contributed by atoms with van der Waals surface area (Å²) in [6.45, 7) is 0. The van der Waals surface area contributed by atoms with Gasteiger partial charge < -0.3 is 4.74 Å².